The fraction of sp³-hybridized carbons (Fsp3) is 0.682. The summed E-state index contributed by atoms with van der Waals surface area (Å²) in [5, 5.41) is 6.74. The van der Waals surface area contributed by atoms with Crippen molar-refractivity contribution in [1.82, 2.24) is 15.5 Å². The van der Waals surface area contributed by atoms with Gasteiger partial charge in [-0.1, -0.05) is 37.1 Å². The molecule has 2 N–H and O–H groups in total. The van der Waals surface area contributed by atoms with Gasteiger partial charge in [-0.3, -0.25) is 4.90 Å². The highest BCUT2D eigenvalue weighted by Gasteiger charge is 2.15. The van der Waals surface area contributed by atoms with Crippen LogP contribution < -0.4 is 10.6 Å². The highest BCUT2D eigenvalue weighted by molar-refractivity contribution is 5.79. The molecule has 5 heteroatoms. The van der Waals surface area contributed by atoms with Crippen molar-refractivity contribution in [3.8, 4) is 0 Å². The molecular formula is C22H36N4O. The van der Waals surface area contributed by atoms with E-state index in [0.717, 1.165) is 38.6 Å². The van der Waals surface area contributed by atoms with Gasteiger partial charge in [-0.15, -0.1) is 0 Å². The molecular weight excluding hydrogens is 336 g/mol. The van der Waals surface area contributed by atoms with Crippen LogP contribution in [0.2, 0.25) is 0 Å². The van der Waals surface area contributed by atoms with Crippen molar-refractivity contribution in [2.75, 3.05) is 32.8 Å². The topological polar surface area (TPSA) is 48.9 Å². The molecule has 0 bridgehead atoms. The van der Waals surface area contributed by atoms with Crippen LogP contribution in [0.3, 0.4) is 0 Å². The zero-order valence-corrected chi connectivity index (χ0v) is 16.9. The Bertz CT molecular complexity index is 558. The average molecular weight is 373 g/mol. The number of guanidine groups is 1. The summed E-state index contributed by atoms with van der Waals surface area (Å²) in [6.07, 6.45) is 8.12. The second-order valence-corrected chi connectivity index (χ2v) is 7.72. The first kappa shape index (κ1) is 20.2. The summed E-state index contributed by atoms with van der Waals surface area (Å²) in [6, 6.07) is 8.98. The number of likely N-dealkylation sites (tertiary alicyclic amines) is 1. The SMILES string of the molecule is CCNC(=NCc1ccc(CN2CCCCCC2)cc1)NCC1CCCO1. The minimum Gasteiger partial charge on any atom is -0.376 e. The molecule has 1 unspecified atom stereocenters. The van der Waals surface area contributed by atoms with E-state index in [1.807, 2.05) is 0 Å². The molecule has 2 aliphatic heterocycles. The molecule has 2 aliphatic rings. The molecule has 27 heavy (non-hydrogen) atoms. The molecule has 0 radical (unpaired) electrons. The summed E-state index contributed by atoms with van der Waals surface area (Å²) >= 11 is 0. The molecule has 3 rings (SSSR count). The van der Waals surface area contributed by atoms with E-state index in [9.17, 15) is 0 Å². The second kappa shape index (κ2) is 11.3. The molecule has 2 saturated heterocycles. The van der Waals surface area contributed by atoms with E-state index >= 15 is 0 Å². The number of hydrogen-bond acceptors (Lipinski definition) is 3. The molecule has 2 heterocycles. The van der Waals surface area contributed by atoms with Crippen molar-refractivity contribution in [3.05, 3.63) is 35.4 Å². The maximum atomic E-state index is 5.68. The summed E-state index contributed by atoms with van der Waals surface area (Å²) in [5.74, 6) is 0.877. The van der Waals surface area contributed by atoms with E-state index in [-0.39, 0.29) is 0 Å². The fourth-order valence-electron chi connectivity index (χ4n) is 3.83. The zero-order valence-electron chi connectivity index (χ0n) is 16.9. The van der Waals surface area contributed by atoms with E-state index in [2.05, 4.69) is 46.7 Å². The molecule has 0 spiro atoms. The first-order valence-corrected chi connectivity index (χ1v) is 10.8. The van der Waals surface area contributed by atoms with Gasteiger partial charge in [-0.25, -0.2) is 4.99 Å². The molecule has 150 valence electrons. The number of hydrogen-bond donors (Lipinski definition) is 2. The van der Waals surface area contributed by atoms with Gasteiger partial charge >= 0.3 is 0 Å². The van der Waals surface area contributed by atoms with Gasteiger partial charge in [0.15, 0.2) is 5.96 Å². The molecule has 0 amide bonds. The van der Waals surface area contributed by atoms with Crippen LogP contribution in [0, 0.1) is 0 Å². The molecule has 5 nitrogen and oxygen atoms in total. The highest BCUT2D eigenvalue weighted by Crippen LogP contribution is 2.14. The summed E-state index contributed by atoms with van der Waals surface area (Å²) in [5.41, 5.74) is 2.66. The van der Waals surface area contributed by atoms with Crippen LogP contribution in [-0.4, -0.2) is 49.7 Å². The third-order valence-electron chi connectivity index (χ3n) is 5.41. The smallest absolute Gasteiger partial charge is 0.191 e. The van der Waals surface area contributed by atoms with E-state index in [1.165, 1.54) is 56.3 Å². The van der Waals surface area contributed by atoms with Gasteiger partial charge in [0.05, 0.1) is 12.6 Å². The fourth-order valence-corrected chi connectivity index (χ4v) is 3.83. The standard InChI is InChI=1S/C22H36N4O/c1-2-23-22(25-17-21-8-7-15-27-21)24-16-19-9-11-20(12-10-19)18-26-13-5-3-4-6-14-26/h9-12,21H,2-8,13-18H2,1H3,(H2,23,24,25). The first-order chi connectivity index (χ1) is 13.3. The number of rotatable bonds is 7. The lowest BCUT2D eigenvalue weighted by molar-refractivity contribution is 0.114. The minimum atomic E-state index is 0.326. The Kier molecular flexibility index (Phi) is 8.43. The first-order valence-electron chi connectivity index (χ1n) is 10.8. The molecule has 0 aromatic heterocycles. The van der Waals surface area contributed by atoms with Crippen LogP contribution in [-0.2, 0) is 17.8 Å². The van der Waals surface area contributed by atoms with Gasteiger partial charge in [0.25, 0.3) is 0 Å². The Labute approximate surface area is 164 Å². The van der Waals surface area contributed by atoms with Crippen molar-refractivity contribution in [2.45, 2.75) is 64.6 Å². The summed E-state index contributed by atoms with van der Waals surface area (Å²) in [4.78, 5) is 7.33. The van der Waals surface area contributed by atoms with Gasteiger partial charge in [-0.05, 0) is 56.8 Å². The van der Waals surface area contributed by atoms with Crippen molar-refractivity contribution in [2.24, 2.45) is 4.99 Å². The van der Waals surface area contributed by atoms with Crippen molar-refractivity contribution >= 4 is 5.96 Å². The number of ether oxygens (including phenoxy) is 1. The number of aliphatic imine (C=N–C) groups is 1. The number of nitrogens with one attached hydrogen (secondary N) is 2. The lowest BCUT2D eigenvalue weighted by Crippen LogP contribution is -2.41. The lowest BCUT2D eigenvalue weighted by Gasteiger charge is -2.19. The second-order valence-electron chi connectivity index (χ2n) is 7.72. The Balaban J connectivity index is 1.48. The minimum absolute atomic E-state index is 0.326. The van der Waals surface area contributed by atoms with Gasteiger partial charge in [-0.2, -0.15) is 0 Å². The summed E-state index contributed by atoms with van der Waals surface area (Å²) in [6.45, 7) is 8.96. The molecule has 2 fully saturated rings. The Hall–Kier alpha value is -1.59. The van der Waals surface area contributed by atoms with Crippen LogP contribution in [0.1, 0.15) is 56.6 Å². The van der Waals surface area contributed by atoms with Crippen LogP contribution in [0.25, 0.3) is 0 Å². The summed E-state index contributed by atoms with van der Waals surface area (Å²) < 4.78 is 5.68. The van der Waals surface area contributed by atoms with Crippen molar-refractivity contribution in [3.63, 3.8) is 0 Å². The normalized spacial score (nSPS) is 21.8. The molecule has 1 atom stereocenters. The third-order valence-corrected chi connectivity index (χ3v) is 5.41. The third kappa shape index (κ3) is 7.15. The molecule has 0 aliphatic carbocycles. The highest BCUT2D eigenvalue weighted by atomic mass is 16.5. The Morgan fingerprint density at radius 2 is 1.78 bits per heavy atom. The van der Waals surface area contributed by atoms with Crippen LogP contribution in [0.5, 0.6) is 0 Å². The van der Waals surface area contributed by atoms with Gasteiger partial charge in [0.2, 0.25) is 0 Å². The molecule has 1 aromatic rings. The molecule has 1 aromatic carbocycles. The van der Waals surface area contributed by atoms with E-state index in [0.29, 0.717) is 12.6 Å². The van der Waals surface area contributed by atoms with Crippen molar-refractivity contribution < 1.29 is 4.74 Å². The predicted molar refractivity (Wildman–Crippen MR) is 112 cm³/mol. The maximum absolute atomic E-state index is 5.68. The zero-order chi connectivity index (χ0) is 18.7. The van der Waals surface area contributed by atoms with Crippen LogP contribution in [0.4, 0.5) is 0 Å². The van der Waals surface area contributed by atoms with E-state index in [1.54, 1.807) is 0 Å². The van der Waals surface area contributed by atoms with E-state index in [4.69, 9.17) is 9.73 Å². The van der Waals surface area contributed by atoms with Crippen LogP contribution >= 0.6 is 0 Å². The average Bonchev–Trinajstić information content (AvgIpc) is 3.08. The maximum Gasteiger partial charge on any atom is 0.191 e. The Morgan fingerprint density at radius 3 is 2.44 bits per heavy atom. The van der Waals surface area contributed by atoms with Gasteiger partial charge in [0.1, 0.15) is 0 Å². The largest absolute Gasteiger partial charge is 0.376 e. The lowest BCUT2D eigenvalue weighted by atomic mass is 10.1. The Morgan fingerprint density at radius 1 is 1.04 bits per heavy atom. The van der Waals surface area contributed by atoms with Gasteiger partial charge in [0, 0.05) is 26.2 Å². The van der Waals surface area contributed by atoms with Crippen LogP contribution in [0.15, 0.2) is 29.3 Å². The number of benzene rings is 1. The number of nitrogens with zero attached hydrogens (tertiary/aromatic N) is 2. The van der Waals surface area contributed by atoms with Gasteiger partial charge < -0.3 is 15.4 Å². The van der Waals surface area contributed by atoms with Crippen molar-refractivity contribution in [1.29, 1.82) is 0 Å². The monoisotopic (exact) mass is 372 g/mol. The van der Waals surface area contributed by atoms with E-state index < -0.39 is 0 Å². The predicted octanol–water partition coefficient (Wildman–Crippen LogP) is 3.30. The summed E-state index contributed by atoms with van der Waals surface area (Å²) in [7, 11) is 0. The molecule has 0 saturated carbocycles. The quantitative estimate of drug-likeness (QED) is 0.570.